The van der Waals surface area contributed by atoms with Gasteiger partial charge in [-0.05, 0) is 38.0 Å². The summed E-state index contributed by atoms with van der Waals surface area (Å²) in [7, 11) is -3.43. The number of hydrogen-bond donors (Lipinski definition) is 3. The molecule has 0 aromatic heterocycles. The minimum atomic E-state index is -3.43. The van der Waals surface area contributed by atoms with Gasteiger partial charge in [-0.15, -0.1) is 0 Å². The third-order valence-corrected chi connectivity index (χ3v) is 6.28. The predicted octanol–water partition coefficient (Wildman–Crippen LogP) is 0.838. The molecule has 1 atom stereocenters. The van der Waals surface area contributed by atoms with Crippen LogP contribution in [-0.4, -0.2) is 43.2 Å². The maximum absolute atomic E-state index is 12.6. The number of rotatable bonds is 5. The molecule has 0 bridgehead atoms. The molecule has 0 heterocycles. The number of benzene rings is 1. The Morgan fingerprint density at radius 2 is 1.92 bits per heavy atom. The van der Waals surface area contributed by atoms with Crippen LogP contribution in [0, 0.1) is 0 Å². The number of sulfone groups is 1. The quantitative estimate of drug-likeness (QED) is 0.678. The van der Waals surface area contributed by atoms with Crippen molar-refractivity contribution in [1.82, 2.24) is 5.32 Å². The van der Waals surface area contributed by atoms with Crippen LogP contribution in [0.3, 0.4) is 0 Å². The number of hydrogen-bond acceptors (Lipinski definition) is 5. The van der Waals surface area contributed by atoms with Gasteiger partial charge in [0.15, 0.2) is 9.84 Å². The molecule has 24 heavy (non-hydrogen) atoms. The Bertz CT molecular complexity index is 711. The van der Waals surface area contributed by atoms with Crippen molar-refractivity contribution in [3.63, 3.8) is 0 Å². The van der Waals surface area contributed by atoms with Gasteiger partial charge in [-0.1, -0.05) is 18.9 Å². The van der Waals surface area contributed by atoms with Crippen LogP contribution in [0.4, 0.5) is 5.69 Å². The van der Waals surface area contributed by atoms with Gasteiger partial charge in [0.05, 0.1) is 16.8 Å². The van der Waals surface area contributed by atoms with E-state index >= 15 is 0 Å². The molecule has 1 aromatic rings. The van der Waals surface area contributed by atoms with Crippen molar-refractivity contribution in [3.8, 4) is 0 Å². The van der Waals surface area contributed by atoms with E-state index in [0.717, 1.165) is 12.8 Å². The first-order chi connectivity index (χ1) is 11.3. The molecule has 0 radical (unpaired) electrons. The maximum Gasteiger partial charge on any atom is 0.313 e. The van der Waals surface area contributed by atoms with E-state index in [-0.39, 0.29) is 22.4 Å². The van der Waals surface area contributed by atoms with Crippen LogP contribution in [0.2, 0.25) is 0 Å². The molecule has 1 saturated carbocycles. The summed E-state index contributed by atoms with van der Waals surface area (Å²) >= 11 is 0. The van der Waals surface area contributed by atoms with Gasteiger partial charge in [-0.3, -0.25) is 9.59 Å². The van der Waals surface area contributed by atoms with Crippen LogP contribution in [-0.2, 0) is 19.4 Å². The van der Waals surface area contributed by atoms with Crippen LogP contribution in [0.25, 0.3) is 0 Å². The van der Waals surface area contributed by atoms with Gasteiger partial charge in [-0.2, -0.15) is 0 Å². The second-order valence-corrected chi connectivity index (χ2v) is 8.22. The number of aliphatic hydroxyl groups excluding tert-OH is 1. The highest BCUT2D eigenvalue weighted by Crippen LogP contribution is 2.30. The molecule has 8 heteroatoms. The number of carbonyl (C=O) groups is 2. The molecule has 1 aliphatic carbocycles. The second kappa shape index (κ2) is 7.76. The summed E-state index contributed by atoms with van der Waals surface area (Å²) < 4.78 is 25.1. The standard InChI is InChI=1S/C16H22N2O5S/c1-11(10-19)17-15(20)16(21)18-12-5-4-8-14(9-12)24(22,23)13-6-2-3-7-13/h4-5,8-9,11,13,19H,2-3,6-7,10H2,1H3,(H,17,20)(H,18,21). The van der Waals surface area contributed by atoms with E-state index in [9.17, 15) is 18.0 Å². The normalized spacial score (nSPS) is 16.6. The van der Waals surface area contributed by atoms with Crippen molar-refractivity contribution in [2.75, 3.05) is 11.9 Å². The average Bonchev–Trinajstić information content (AvgIpc) is 3.10. The average molecular weight is 354 g/mol. The van der Waals surface area contributed by atoms with Gasteiger partial charge in [0, 0.05) is 11.7 Å². The van der Waals surface area contributed by atoms with Crippen LogP contribution in [0.5, 0.6) is 0 Å². The van der Waals surface area contributed by atoms with Crippen LogP contribution in [0.15, 0.2) is 29.2 Å². The summed E-state index contributed by atoms with van der Waals surface area (Å²) in [4.78, 5) is 23.6. The van der Waals surface area contributed by atoms with E-state index in [1.807, 2.05) is 0 Å². The number of carbonyl (C=O) groups excluding carboxylic acids is 2. The van der Waals surface area contributed by atoms with Crippen LogP contribution in [0.1, 0.15) is 32.6 Å². The summed E-state index contributed by atoms with van der Waals surface area (Å²) in [6.45, 7) is 1.27. The van der Waals surface area contributed by atoms with Crippen molar-refractivity contribution >= 4 is 27.3 Å². The molecule has 1 aliphatic rings. The number of aliphatic hydroxyl groups is 1. The van der Waals surface area contributed by atoms with Crippen molar-refractivity contribution in [2.45, 2.75) is 48.8 Å². The lowest BCUT2D eigenvalue weighted by Crippen LogP contribution is -2.42. The lowest BCUT2D eigenvalue weighted by molar-refractivity contribution is -0.136. The second-order valence-electron chi connectivity index (χ2n) is 5.99. The van der Waals surface area contributed by atoms with Gasteiger partial charge in [0.2, 0.25) is 0 Å². The fourth-order valence-corrected chi connectivity index (χ4v) is 4.56. The molecule has 2 amide bonds. The monoisotopic (exact) mass is 354 g/mol. The zero-order valence-corrected chi connectivity index (χ0v) is 14.3. The molecule has 1 fully saturated rings. The van der Waals surface area contributed by atoms with Gasteiger partial charge in [0.1, 0.15) is 0 Å². The zero-order valence-electron chi connectivity index (χ0n) is 13.5. The van der Waals surface area contributed by atoms with Gasteiger partial charge in [-0.25, -0.2) is 8.42 Å². The van der Waals surface area contributed by atoms with Crippen molar-refractivity contribution in [2.24, 2.45) is 0 Å². The van der Waals surface area contributed by atoms with E-state index in [1.54, 1.807) is 6.92 Å². The molecule has 1 unspecified atom stereocenters. The Labute approximate surface area is 141 Å². The van der Waals surface area contributed by atoms with Gasteiger partial charge < -0.3 is 15.7 Å². The van der Waals surface area contributed by atoms with Crippen LogP contribution >= 0.6 is 0 Å². The van der Waals surface area contributed by atoms with E-state index in [4.69, 9.17) is 5.11 Å². The zero-order chi connectivity index (χ0) is 17.7. The Kier molecular flexibility index (Phi) is 5.95. The Hall–Kier alpha value is -1.93. The fraction of sp³-hybridized carbons (Fsp3) is 0.500. The third-order valence-electron chi connectivity index (χ3n) is 4.02. The highest BCUT2D eigenvalue weighted by Gasteiger charge is 2.30. The Balaban J connectivity index is 2.10. The summed E-state index contributed by atoms with van der Waals surface area (Å²) in [6, 6.07) is 5.38. The summed E-state index contributed by atoms with van der Waals surface area (Å²) in [5, 5.41) is 13.2. The first-order valence-electron chi connectivity index (χ1n) is 7.91. The number of anilines is 1. The predicted molar refractivity (Wildman–Crippen MR) is 89.2 cm³/mol. The summed E-state index contributed by atoms with van der Waals surface area (Å²) in [5.74, 6) is -1.80. The molecular weight excluding hydrogens is 332 g/mol. The SMILES string of the molecule is CC(CO)NC(=O)C(=O)Nc1cccc(S(=O)(=O)C2CCCC2)c1. The Morgan fingerprint density at radius 3 is 2.54 bits per heavy atom. The van der Waals surface area contributed by atoms with Gasteiger partial charge >= 0.3 is 11.8 Å². The number of amides is 2. The molecule has 0 aliphatic heterocycles. The topological polar surface area (TPSA) is 113 Å². The largest absolute Gasteiger partial charge is 0.394 e. The van der Waals surface area contributed by atoms with Crippen molar-refractivity contribution < 1.29 is 23.1 Å². The highest BCUT2D eigenvalue weighted by molar-refractivity contribution is 7.92. The molecule has 1 aromatic carbocycles. The Morgan fingerprint density at radius 1 is 1.25 bits per heavy atom. The van der Waals surface area contributed by atoms with E-state index in [0.29, 0.717) is 12.8 Å². The van der Waals surface area contributed by atoms with E-state index < -0.39 is 27.7 Å². The molecule has 132 valence electrons. The smallest absolute Gasteiger partial charge is 0.313 e. The van der Waals surface area contributed by atoms with Gasteiger partial charge in [0.25, 0.3) is 0 Å². The molecular formula is C16H22N2O5S. The molecule has 7 nitrogen and oxygen atoms in total. The molecule has 2 rings (SSSR count). The van der Waals surface area contributed by atoms with Crippen LogP contribution < -0.4 is 10.6 Å². The highest BCUT2D eigenvalue weighted by atomic mass is 32.2. The third kappa shape index (κ3) is 4.33. The van der Waals surface area contributed by atoms with Crippen molar-refractivity contribution in [1.29, 1.82) is 0 Å². The minimum Gasteiger partial charge on any atom is -0.394 e. The lowest BCUT2D eigenvalue weighted by Gasteiger charge is -2.13. The minimum absolute atomic E-state index is 0.149. The lowest BCUT2D eigenvalue weighted by atomic mass is 10.3. The van der Waals surface area contributed by atoms with Crippen molar-refractivity contribution in [3.05, 3.63) is 24.3 Å². The molecule has 3 N–H and O–H groups in total. The maximum atomic E-state index is 12.6. The molecule has 0 saturated heterocycles. The summed E-state index contributed by atoms with van der Waals surface area (Å²) in [5.41, 5.74) is 0.242. The summed E-state index contributed by atoms with van der Waals surface area (Å²) in [6.07, 6.45) is 3.12. The van der Waals surface area contributed by atoms with E-state index in [1.165, 1.54) is 24.3 Å². The molecule has 0 spiro atoms. The fourth-order valence-electron chi connectivity index (χ4n) is 2.66. The first-order valence-corrected chi connectivity index (χ1v) is 9.46. The first kappa shape index (κ1) is 18.4. The number of nitrogens with one attached hydrogen (secondary N) is 2. The van der Waals surface area contributed by atoms with E-state index in [2.05, 4.69) is 10.6 Å².